The number of fused-ring (bicyclic) bond motifs is 1. The molecule has 0 aliphatic heterocycles. The Balaban J connectivity index is 2.33. The number of benzene rings is 1. The van der Waals surface area contributed by atoms with E-state index < -0.39 is 0 Å². The average molecular weight is 235 g/mol. The molecule has 0 spiro atoms. The highest BCUT2D eigenvalue weighted by atomic mass is 35.5. The van der Waals surface area contributed by atoms with Gasteiger partial charge in [-0.2, -0.15) is 5.10 Å². The lowest BCUT2D eigenvalue weighted by atomic mass is 10.2. The minimum absolute atomic E-state index is 0.646. The first-order valence-corrected chi connectivity index (χ1v) is 5.38. The molecule has 0 N–H and O–H groups in total. The molecule has 0 unspecified atom stereocenters. The number of hydrogen-bond donors (Lipinski definition) is 0. The van der Waals surface area contributed by atoms with E-state index in [2.05, 4.69) is 10.2 Å². The topological polar surface area (TPSA) is 35.0 Å². The van der Waals surface area contributed by atoms with Crippen LogP contribution in [0.3, 0.4) is 0 Å². The van der Waals surface area contributed by atoms with E-state index in [0.717, 1.165) is 16.6 Å². The number of ether oxygens (including phenoxy) is 1. The average Bonchev–Trinajstić information content (AvgIpc) is 2.29. The highest BCUT2D eigenvalue weighted by Gasteiger charge is 1.98. The predicted molar refractivity (Wildman–Crippen MR) is 65.2 cm³/mol. The maximum atomic E-state index is 5.86. The second-order valence-electron chi connectivity index (χ2n) is 3.23. The van der Waals surface area contributed by atoms with Crippen LogP contribution in [0.2, 0.25) is 5.02 Å². The Morgan fingerprint density at radius 2 is 2.19 bits per heavy atom. The molecule has 0 saturated heterocycles. The molecule has 1 heterocycles. The highest BCUT2D eigenvalue weighted by molar-refractivity contribution is 6.31. The van der Waals surface area contributed by atoms with Crippen LogP contribution in [0, 0.1) is 0 Å². The van der Waals surface area contributed by atoms with Crippen LogP contribution in [-0.4, -0.2) is 16.8 Å². The van der Waals surface area contributed by atoms with E-state index in [0.29, 0.717) is 11.6 Å². The van der Waals surface area contributed by atoms with Gasteiger partial charge in [0.2, 0.25) is 0 Å². The molecular weight excluding hydrogens is 224 g/mol. The lowest BCUT2D eigenvalue weighted by Crippen LogP contribution is -1.88. The zero-order valence-electron chi connectivity index (χ0n) is 8.85. The van der Waals surface area contributed by atoms with Gasteiger partial charge in [-0.1, -0.05) is 17.7 Å². The van der Waals surface area contributed by atoms with Gasteiger partial charge in [-0.3, -0.25) is 0 Å². The molecule has 0 bridgehead atoms. The van der Waals surface area contributed by atoms with E-state index >= 15 is 0 Å². The molecule has 0 radical (unpaired) electrons. The number of halogens is 1. The number of aromatic nitrogens is 2. The Hall–Kier alpha value is -1.61. The zero-order valence-corrected chi connectivity index (χ0v) is 9.61. The fourth-order valence-electron chi connectivity index (χ4n) is 1.32. The van der Waals surface area contributed by atoms with Crippen molar-refractivity contribution in [3.63, 3.8) is 0 Å². The number of hydrogen-bond acceptors (Lipinski definition) is 3. The molecule has 4 heteroatoms. The van der Waals surface area contributed by atoms with Crippen molar-refractivity contribution in [3.05, 3.63) is 41.2 Å². The van der Waals surface area contributed by atoms with E-state index in [1.807, 2.05) is 25.1 Å². The second kappa shape index (κ2) is 4.94. The van der Waals surface area contributed by atoms with Crippen molar-refractivity contribution in [3.8, 4) is 0 Å². The van der Waals surface area contributed by atoms with Crippen LogP contribution in [0.15, 0.2) is 30.5 Å². The SMILES string of the molecule is CCOC=Cc1cc2ccc(Cl)cc2nn1. The molecule has 0 fully saturated rings. The highest BCUT2D eigenvalue weighted by Crippen LogP contribution is 2.17. The van der Waals surface area contributed by atoms with Crippen LogP contribution in [-0.2, 0) is 4.74 Å². The Morgan fingerprint density at radius 3 is 3.00 bits per heavy atom. The first kappa shape index (κ1) is 10.9. The largest absolute Gasteiger partial charge is 0.501 e. The number of nitrogens with zero attached hydrogens (tertiary/aromatic N) is 2. The van der Waals surface area contributed by atoms with Crippen molar-refractivity contribution in [2.45, 2.75) is 6.92 Å². The monoisotopic (exact) mass is 234 g/mol. The molecule has 0 atom stereocenters. The smallest absolute Gasteiger partial charge is 0.0944 e. The molecule has 0 saturated carbocycles. The van der Waals surface area contributed by atoms with Gasteiger partial charge in [-0.15, -0.1) is 5.10 Å². The summed E-state index contributed by atoms with van der Waals surface area (Å²) in [5.74, 6) is 0. The lowest BCUT2D eigenvalue weighted by molar-refractivity contribution is 0.272. The second-order valence-corrected chi connectivity index (χ2v) is 3.67. The summed E-state index contributed by atoms with van der Waals surface area (Å²) in [5, 5.41) is 9.80. The number of rotatable bonds is 3. The van der Waals surface area contributed by atoms with Gasteiger partial charge in [0.1, 0.15) is 0 Å². The maximum Gasteiger partial charge on any atom is 0.0944 e. The van der Waals surface area contributed by atoms with Gasteiger partial charge in [0.15, 0.2) is 0 Å². The van der Waals surface area contributed by atoms with Crippen molar-refractivity contribution in [1.29, 1.82) is 0 Å². The van der Waals surface area contributed by atoms with E-state index in [1.165, 1.54) is 0 Å². The third-order valence-electron chi connectivity index (χ3n) is 2.07. The van der Waals surface area contributed by atoms with Crippen molar-refractivity contribution in [2.75, 3.05) is 6.61 Å². The fraction of sp³-hybridized carbons (Fsp3) is 0.167. The molecule has 2 rings (SSSR count). The maximum absolute atomic E-state index is 5.86. The summed E-state index contributed by atoms with van der Waals surface area (Å²) in [6.45, 7) is 2.57. The summed E-state index contributed by atoms with van der Waals surface area (Å²) in [6.07, 6.45) is 3.40. The van der Waals surface area contributed by atoms with E-state index in [-0.39, 0.29) is 0 Å². The predicted octanol–water partition coefficient (Wildman–Crippen LogP) is 3.29. The van der Waals surface area contributed by atoms with Crippen LogP contribution in [0.1, 0.15) is 12.6 Å². The molecule has 82 valence electrons. The van der Waals surface area contributed by atoms with Gasteiger partial charge in [-0.25, -0.2) is 0 Å². The fourth-order valence-corrected chi connectivity index (χ4v) is 1.49. The minimum Gasteiger partial charge on any atom is -0.501 e. The van der Waals surface area contributed by atoms with Crippen molar-refractivity contribution in [2.24, 2.45) is 0 Å². The van der Waals surface area contributed by atoms with E-state index in [4.69, 9.17) is 16.3 Å². The molecule has 0 aliphatic rings. The summed E-state index contributed by atoms with van der Waals surface area (Å²) >= 11 is 5.86. The summed E-state index contributed by atoms with van der Waals surface area (Å²) in [7, 11) is 0. The van der Waals surface area contributed by atoms with Crippen LogP contribution in [0.5, 0.6) is 0 Å². The Labute approximate surface area is 98.7 Å². The van der Waals surface area contributed by atoms with Crippen LogP contribution in [0.25, 0.3) is 17.0 Å². The Kier molecular flexibility index (Phi) is 3.37. The summed E-state index contributed by atoms with van der Waals surface area (Å²) in [5.41, 5.74) is 1.56. The molecule has 1 aromatic heterocycles. The summed E-state index contributed by atoms with van der Waals surface area (Å²) in [6, 6.07) is 7.49. The van der Waals surface area contributed by atoms with Gasteiger partial charge in [0, 0.05) is 16.5 Å². The van der Waals surface area contributed by atoms with Crippen molar-refractivity contribution in [1.82, 2.24) is 10.2 Å². The van der Waals surface area contributed by atoms with Crippen molar-refractivity contribution < 1.29 is 4.74 Å². The van der Waals surface area contributed by atoms with E-state index in [1.54, 1.807) is 18.4 Å². The molecule has 0 amide bonds. The lowest BCUT2D eigenvalue weighted by Gasteiger charge is -1.98. The van der Waals surface area contributed by atoms with Gasteiger partial charge < -0.3 is 4.74 Å². The van der Waals surface area contributed by atoms with Gasteiger partial charge in [0.25, 0.3) is 0 Å². The van der Waals surface area contributed by atoms with Crippen LogP contribution in [0.4, 0.5) is 0 Å². The Morgan fingerprint density at radius 1 is 1.31 bits per heavy atom. The third kappa shape index (κ3) is 2.49. The zero-order chi connectivity index (χ0) is 11.4. The van der Waals surface area contributed by atoms with Gasteiger partial charge >= 0.3 is 0 Å². The van der Waals surface area contributed by atoms with Crippen molar-refractivity contribution >= 4 is 28.6 Å². The standard InChI is InChI=1S/C12H11ClN2O/c1-2-16-6-5-11-7-9-3-4-10(13)8-12(9)15-14-11/h3-8H,2H2,1H3. The normalized spacial score (nSPS) is 11.1. The van der Waals surface area contributed by atoms with Crippen LogP contribution >= 0.6 is 11.6 Å². The summed E-state index contributed by atoms with van der Waals surface area (Å²) in [4.78, 5) is 0. The van der Waals surface area contributed by atoms with Crippen LogP contribution < -0.4 is 0 Å². The molecule has 0 aliphatic carbocycles. The molecule has 3 nitrogen and oxygen atoms in total. The Bertz CT molecular complexity index is 525. The third-order valence-corrected chi connectivity index (χ3v) is 2.31. The summed E-state index contributed by atoms with van der Waals surface area (Å²) < 4.78 is 5.10. The minimum atomic E-state index is 0.646. The molecule has 2 aromatic rings. The molecular formula is C12H11ClN2O. The molecule has 1 aromatic carbocycles. The first-order chi connectivity index (χ1) is 7.79. The van der Waals surface area contributed by atoms with Gasteiger partial charge in [0.05, 0.1) is 24.1 Å². The van der Waals surface area contributed by atoms with Gasteiger partial charge in [-0.05, 0) is 25.1 Å². The first-order valence-electron chi connectivity index (χ1n) is 5.01. The molecule has 16 heavy (non-hydrogen) atoms. The van der Waals surface area contributed by atoms with E-state index in [9.17, 15) is 0 Å². The quantitative estimate of drug-likeness (QED) is 0.765.